The summed E-state index contributed by atoms with van der Waals surface area (Å²) in [5.41, 5.74) is 5.22. The van der Waals surface area contributed by atoms with Gasteiger partial charge in [0.05, 0.1) is 6.04 Å². The van der Waals surface area contributed by atoms with Crippen LogP contribution in [-0.4, -0.2) is 18.5 Å². The molecule has 3 heteroatoms. The average molecular weight is 156 g/mol. The van der Waals surface area contributed by atoms with Crippen molar-refractivity contribution in [2.45, 2.75) is 32.2 Å². The summed E-state index contributed by atoms with van der Waals surface area (Å²) in [4.78, 5) is 10.8. The number of rotatable bonds is 5. The van der Waals surface area contributed by atoms with Crippen LogP contribution in [0.4, 0.5) is 0 Å². The van der Waals surface area contributed by atoms with Crippen molar-refractivity contribution in [1.82, 2.24) is 5.32 Å². The molecule has 0 aromatic rings. The van der Waals surface area contributed by atoms with E-state index in [1.54, 1.807) is 0 Å². The lowest BCUT2D eigenvalue weighted by molar-refractivity contribution is -0.120. The van der Waals surface area contributed by atoms with Crippen molar-refractivity contribution in [3.63, 3.8) is 0 Å². The molecule has 1 saturated carbocycles. The zero-order chi connectivity index (χ0) is 8.27. The molecule has 1 amide bonds. The Hall–Kier alpha value is -0.570. The first-order chi connectivity index (χ1) is 5.25. The number of primary amides is 1. The molecule has 0 bridgehead atoms. The number of carbonyl (C=O) groups is 1. The smallest absolute Gasteiger partial charge is 0.234 e. The molecule has 64 valence electrons. The highest BCUT2D eigenvalue weighted by Gasteiger charge is 2.34. The maximum atomic E-state index is 10.8. The third-order valence-corrected chi connectivity index (χ3v) is 2.01. The van der Waals surface area contributed by atoms with Gasteiger partial charge in [0.1, 0.15) is 0 Å². The Morgan fingerprint density at radius 1 is 1.73 bits per heavy atom. The molecule has 0 spiro atoms. The first-order valence-electron chi connectivity index (χ1n) is 4.28. The van der Waals surface area contributed by atoms with E-state index in [2.05, 4.69) is 12.2 Å². The van der Waals surface area contributed by atoms with Gasteiger partial charge in [-0.2, -0.15) is 0 Å². The van der Waals surface area contributed by atoms with E-state index in [0.717, 1.165) is 25.8 Å². The summed E-state index contributed by atoms with van der Waals surface area (Å²) < 4.78 is 0. The Morgan fingerprint density at radius 2 is 2.36 bits per heavy atom. The van der Waals surface area contributed by atoms with Crippen LogP contribution in [0.2, 0.25) is 0 Å². The molecule has 1 fully saturated rings. The average Bonchev–Trinajstić information content (AvgIpc) is 2.71. The van der Waals surface area contributed by atoms with Crippen LogP contribution >= 0.6 is 0 Å². The maximum Gasteiger partial charge on any atom is 0.234 e. The van der Waals surface area contributed by atoms with Gasteiger partial charge in [-0.15, -0.1) is 0 Å². The van der Waals surface area contributed by atoms with E-state index in [9.17, 15) is 4.79 Å². The minimum absolute atomic E-state index is 0.0602. The van der Waals surface area contributed by atoms with Crippen LogP contribution in [0.1, 0.15) is 26.2 Å². The summed E-state index contributed by atoms with van der Waals surface area (Å²) in [5.74, 6) is 0.333. The lowest BCUT2D eigenvalue weighted by Crippen LogP contribution is -2.43. The highest BCUT2D eigenvalue weighted by Crippen LogP contribution is 2.32. The van der Waals surface area contributed by atoms with Crippen LogP contribution in [0.3, 0.4) is 0 Å². The molecule has 3 N–H and O–H groups in total. The second-order valence-corrected chi connectivity index (χ2v) is 3.17. The molecule has 0 aromatic carbocycles. The van der Waals surface area contributed by atoms with Gasteiger partial charge in [-0.3, -0.25) is 4.79 Å². The first-order valence-corrected chi connectivity index (χ1v) is 4.28. The molecular weight excluding hydrogens is 140 g/mol. The molecule has 0 aliphatic heterocycles. The number of amides is 1. The Balaban J connectivity index is 2.26. The maximum absolute atomic E-state index is 10.8. The molecule has 1 aliphatic rings. The van der Waals surface area contributed by atoms with Crippen LogP contribution < -0.4 is 11.1 Å². The van der Waals surface area contributed by atoms with Crippen molar-refractivity contribution in [2.24, 2.45) is 11.7 Å². The molecule has 0 saturated heterocycles. The fraction of sp³-hybridized carbons (Fsp3) is 0.875. The van der Waals surface area contributed by atoms with Crippen molar-refractivity contribution < 1.29 is 4.79 Å². The normalized spacial score (nSPS) is 19.7. The predicted octanol–water partition coefficient (Wildman–Crippen LogP) is 0.250. The molecule has 1 aliphatic carbocycles. The number of nitrogens with two attached hydrogens (primary N) is 1. The van der Waals surface area contributed by atoms with Gasteiger partial charge in [0.25, 0.3) is 0 Å². The quantitative estimate of drug-likeness (QED) is 0.599. The zero-order valence-corrected chi connectivity index (χ0v) is 6.97. The summed E-state index contributed by atoms with van der Waals surface area (Å²) in [7, 11) is 0. The van der Waals surface area contributed by atoms with Gasteiger partial charge < -0.3 is 11.1 Å². The second-order valence-electron chi connectivity index (χ2n) is 3.17. The third-order valence-electron chi connectivity index (χ3n) is 2.01. The second kappa shape index (κ2) is 3.72. The van der Waals surface area contributed by atoms with E-state index in [0.29, 0.717) is 5.92 Å². The van der Waals surface area contributed by atoms with E-state index in [1.165, 1.54) is 0 Å². The van der Waals surface area contributed by atoms with Crippen LogP contribution in [0, 0.1) is 5.92 Å². The van der Waals surface area contributed by atoms with Gasteiger partial charge >= 0.3 is 0 Å². The summed E-state index contributed by atoms with van der Waals surface area (Å²) in [6.07, 6.45) is 3.37. The Morgan fingerprint density at radius 3 is 2.73 bits per heavy atom. The SMILES string of the molecule is CCCNC(C(N)=O)C1CC1. The molecule has 0 heterocycles. The Bertz CT molecular complexity index is 143. The number of carbonyl (C=O) groups excluding carboxylic acids is 1. The van der Waals surface area contributed by atoms with Crippen molar-refractivity contribution in [1.29, 1.82) is 0 Å². The number of hydrogen-bond acceptors (Lipinski definition) is 2. The Labute approximate surface area is 67.3 Å². The van der Waals surface area contributed by atoms with Gasteiger partial charge in [0.2, 0.25) is 5.91 Å². The van der Waals surface area contributed by atoms with Gasteiger partial charge in [0.15, 0.2) is 0 Å². The van der Waals surface area contributed by atoms with E-state index >= 15 is 0 Å². The standard InChI is InChI=1S/C8H16N2O/c1-2-5-10-7(8(9)11)6-3-4-6/h6-7,10H,2-5H2,1H3,(H2,9,11). The largest absolute Gasteiger partial charge is 0.368 e. The van der Waals surface area contributed by atoms with Gasteiger partial charge in [0, 0.05) is 0 Å². The number of nitrogens with one attached hydrogen (secondary N) is 1. The van der Waals surface area contributed by atoms with E-state index in [1.807, 2.05) is 0 Å². The highest BCUT2D eigenvalue weighted by molar-refractivity contribution is 5.80. The fourth-order valence-corrected chi connectivity index (χ4v) is 1.23. The van der Waals surface area contributed by atoms with Crippen LogP contribution in [-0.2, 0) is 4.79 Å². The lowest BCUT2D eigenvalue weighted by atomic mass is 10.2. The zero-order valence-electron chi connectivity index (χ0n) is 6.97. The van der Waals surface area contributed by atoms with Gasteiger partial charge in [-0.1, -0.05) is 6.92 Å². The minimum Gasteiger partial charge on any atom is -0.368 e. The molecule has 3 nitrogen and oxygen atoms in total. The van der Waals surface area contributed by atoms with Crippen molar-refractivity contribution in [3.05, 3.63) is 0 Å². The number of hydrogen-bond donors (Lipinski definition) is 2. The third kappa shape index (κ3) is 2.50. The molecular formula is C8H16N2O. The molecule has 11 heavy (non-hydrogen) atoms. The molecule has 1 rings (SSSR count). The van der Waals surface area contributed by atoms with Crippen molar-refractivity contribution in [2.75, 3.05) is 6.54 Å². The molecule has 0 aromatic heterocycles. The summed E-state index contributed by atoms with van der Waals surface area (Å²) in [6.45, 7) is 2.97. The topological polar surface area (TPSA) is 55.1 Å². The summed E-state index contributed by atoms with van der Waals surface area (Å²) in [6, 6.07) is -0.0602. The molecule has 1 atom stereocenters. The van der Waals surface area contributed by atoms with Crippen LogP contribution in [0.5, 0.6) is 0 Å². The Kier molecular flexibility index (Phi) is 2.88. The predicted molar refractivity (Wildman–Crippen MR) is 44.0 cm³/mol. The van der Waals surface area contributed by atoms with Gasteiger partial charge in [-0.05, 0) is 31.7 Å². The van der Waals surface area contributed by atoms with E-state index < -0.39 is 0 Å². The monoisotopic (exact) mass is 156 g/mol. The van der Waals surface area contributed by atoms with Crippen LogP contribution in [0.25, 0.3) is 0 Å². The highest BCUT2D eigenvalue weighted by atomic mass is 16.1. The van der Waals surface area contributed by atoms with E-state index in [-0.39, 0.29) is 11.9 Å². The minimum atomic E-state index is -0.194. The fourth-order valence-electron chi connectivity index (χ4n) is 1.23. The van der Waals surface area contributed by atoms with E-state index in [4.69, 9.17) is 5.73 Å². The molecule has 0 radical (unpaired) electrons. The van der Waals surface area contributed by atoms with Crippen molar-refractivity contribution >= 4 is 5.91 Å². The molecule has 1 unspecified atom stereocenters. The summed E-state index contributed by atoms with van der Waals surface area (Å²) in [5, 5.41) is 3.16. The lowest BCUT2D eigenvalue weighted by Gasteiger charge is -2.12. The van der Waals surface area contributed by atoms with Gasteiger partial charge in [-0.25, -0.2) is 0 Å². The summed E-state index contributed by atoms with van der Waals surface area (Å²) >= 11 is 0. The first kappa shape index (κ1) is 8.53. The van der Waals surface area contributed by atoms with Crippen molar-refractivity contribution in [3.8, 4) is 0 Å². The van der Waals surface area contributed by atoms with Crippen LogP contribution in [0.15, 0.2) is 0 Å².